The Balaban J connectivity index is 1.97. The van der Waals surface area contributed by atoms with Gasteiger partial charge in [-0.15, -0.1) is 0 Å². The molecule has 2 aromatic rings. The molecule has 0 saturated carbocycles. The van der Waals surface area contributed by atoms with Crippen LogP contribution in [0.2, 0.25) is 0 Å². The minimum atomic E-state index is -0.783. The molecule has 0 unspecified atom stereocenters. The Hall–Kier alpha value is -3.22. The van der Waals surface area contributed by atoms with Crippen LogP contribution in [-0.2, 0) is 14.9 Å². The lowest BCUT2D eigenvalue weighted by Crippen LogP contribution is -2.21. The number of hydrogen-bond acceptors (Lipinski definition) is 5. The zero-order chi connectivity index (χ0) is 20.2. The van der Waals surface area contributed by atoms with Crippen molar-refractivity contribution < 1.29 is 19.2 Å². The van der Waals surface area contributed by atoms with Gasteiger partial charge < -0.3 is 10.1 Å². The Labute approximate surface area is 157 Å². The van der Waals surface area contributed by atoms with E-state index < -0.39 is 23.4 Å². The Kier molecular flexibility index (Phi) is 5.95. The first kappa shape index (κ1) is 20.1. The molecule has 2 rings (SSSR count). The average Bonchev–Trinajstić information content (AvgIpc) is 2.59. The van der Waals surface area contributed by atoms with Crippen molar-refractivity contribution in [3.8, 4) is 0 Å². The van der Waals surface area contributed by atoms with Crippen molar-refractivity contribution in [1.82, 2.24) is 0 Å². The molecule has 1 amide bonds. The molecule has 2 aromatic carbocycles. The number of carbonyl (C=O) groups is 2. The van der Waals surface area contributed by atoms with Crippen molar-refractivity contribution in [3.63, 3.8) is 0 Å². The van der Waals surface area contributed by atoms with Crippen LogP contribution in [0.1, 0.15) is 42.3 Å². The molecule has 0 fully saturated rings. The summed E-state index contributed by atoms with van der Waals surface area (Å²) in [5.41, 5.74) is 1.82. The Bertz CT molecular complexity index is 867. The lowest BCUT2D eigenvalue weighted by atomic mass is 9.87. The number of rotatable bonds is 5. The second kappa shape index (κ2) is 7.99. The van der Waals surface area contributed by atoms with E-state index in [1.807, 2.05) is 12.1 Å². The third kappa shape index (κ3) is 5.13. The summed E-state index contributed by atoms with van der Waals surface area (Å²) >= 11 is 0. The van der Waals surface area contributed by atoms with E-state index in [-0.39, 0.29) is 22.2 Å². The van der Waals surface area contributed by atoms with Crippen molar-refractivity contribution in [1.29, 1.82) is 0 Å². The van der Waals surface area contributed by atoms with Crippen LogP contribution in [0.4, 0.5) is 11.4 Å². The molecule has 0 saturated heterocycles. The lowest BCUT2D eigenvalue weighted by Gasteiger charge is -2.19. The number of nitrogens with one attached hydrogen (secondary N) is 1. The highest BCUT2D eigenvalue weighted by molar-refractivity contribution is 5.96. The van der Waals surface area contributed by atoms with Gasteiger partial charge in [-0.3, -0.25) is 14.9 Å². The van der Waals surface area contributed by atoms with Crippen molar-refractivity contribution in [2.75, 3.05) is 11.9 Å². The number of ether oxygens (including phenoxy) is 1. The molecule has 0 bridgehead atoms. The Morgan fingerprint density at radius 1 is 1.11 bits per heavy atom. The Morgan fingerprint density at radius 3 is 2.30 bits per heavy atom. The molecule has 1 N–H and O–H groups in total. The van der Waals surface area contributed by atoms with Gasteiger partial charge in [0, 0.05) is 17.3 Å². The molecule has 0 aliphatic rings. The molecule has 7 heteroatoms. The summed E-state index contributed by atoms with van der Waals surface area (Å²) < 4.78 is 4.98. The topological polar surface area (TPSA) is 98.5 Å². The molecule has 0 aromatic heterocycles. The predicted molar refractivity (Wildman–Crippen MR) is 102 cm³/mol. The number of amides is 1. The summed E-state index contributed by atoms with van der Waals surface area (Å²) in [6, 6.07) is 11.5. The first-order valence-corrected chi connectivity index (χ1v) is 8.41. The molecule has 0 aliphatic heterocycles. The molecule has 0 heterocycles. The fourth-order valence-corrected chi connectivity index (χ4v) is 2.50. The Morgan fingerprint density at radius 2 is 1.74 bits per heavy atom. The summed E-state index contributed by atoms with van der Waals surface area (Å²) in [7, 11) is 0. The summed E-state index contributed by atoms with van der Waals surface area (Å²) in [6.07, 6.45) is 0. The minimum Gasteiger partial charge on any atom is -0.452 e. The van der Waals surface area contributed by atoms with E-state index in [4.69, 9.17) is 4.74 Å². The van der Waals surface area contributed by atoms with Crippen LogP contribution in [0, 0.1) is 17.0 Å². The van der Waals surface area contributed by atoms with Crippen LogP contribution >= 0.6 is 0 Å². The van der Waals surface area contributed by atoms with E-state index in [0.717, 1.165) is 5.56 Å². The van der Waals surface area contributed by atoms with Crippen molar-refractivity contribution in [2.45, 2.75) is 33.1 Å². The van der Waals surface area contributed by atoms with Crippen LogP contribution in [-0.4, -0.2) is 23.4 Å². The first-order valence-electron chi connectivity index (χ1n) is 8.41. The molecular weight excluding hydrogens is 348 g/mol. The highest BCUT2D eigenvalue weighted by atomic mass is 16.6. The van der Waals surface area contributed by atoms with E-state index in [2.05, 4.69) is 26.1 Å². The highest BCUT2D eigenvalue weighted by Gasteiger charge is 2.20. The number of nitro groups is 1. The molecule has 142 valence electrons. The number of esters is 1. The predicted octanol–water partition coefficient (Wildman–Crippen LogP) is 4.00. The monoisotopic (exact) mass is 370 g/mol. The van der Waals surface area contributed by atoms with Crippen LogP contribution in [0.25, 0.3) is 0 Å². The highest BCUT2D eigenvalue weighted by Crippen LogP contribution is 2.24. The van der Waals surface area contributed by atoms with E-state index in [0.29, 0.717) is 5.69 Å². The van der Waals surface area contributed by atoms with E-state index in [1.54, 1.807) is 12.1 Å². The largest absolute Gasteiger partial charge is 0.452 e. The third-order valence-electron chi connectivity index (χ3n) is 4.09. The maximum absolute atomic E-state index is 12.1. The van der Waals surface area contributed by atoms with Gasteiger partial charge in [-0.25, -0.2) is 4.79 Å². The van der Waals surface area contributed by atoms with Crippen molar-refractivity contribution in [2.24, 2.45) is 0 Å². The zero-order valence-electron chi connectivity index (χ0n) is 15.7. The molecule has 27 heavy (non-hydrogen) atoms. The standard InChI is InChI=1S/C20H22N2O5/c1-13-16(6-5-7-17(13)22(25)26)19(24)27-12-18(23)21-15-10-8-14(9-11-15)20(2,3)4/h5-11H,12H2,1-4H3,(H,21,23). The van der Waals surface area contributed by atoms with Gasteiger partial charge in [-0.1, -0.05) is 39.0 Å². The minimum absolute atomic E-state index is 0.00816. The third-order valence-corrected chi connectivity index (χ3v) is 4.09. The van der Waals surface area contributed by atoms with Crippen molar-refractivity contribution in [3.05, 3.63) is 69.3 Å². The van der Waals surface area contributed by atoms with Crippen LogP contribution in [0.15, 0.2) is 42.5 Å². The van der Waals surface area contributed by atoms with Gasteiger partial charge in [0.1, 0.15) is 0 Å². The second-order valence-corrected chi connectivity index (χ2v) is 7.16. The van der Waals surface area contributed by atoms with Gasteiger partial charge >= 0.3 is 5.97 Å². The summed E-state index contributed by atoms with van der Waals surface area (Å²) in [4.78, 5) is 34.5. The fourth-order valence-electron chi connectivity index (χ4n) is 2.50. The maximum atomic E-state index is 12.1. The fraction of sp³-hybridized carbons (Fsp3) is 0.300. The molecule has 0 radical (unpaired) electrons. The summed E-state index contributed by atoms with van der Waals surface area (Å²) in [6.45, 7) is 7.26. The maximum Gasteiger partial charge on any atom is 0.339 e. The average molecular weight is 370 g/mol. The normalized spacial score (nSPS) is 11.0. The van der Waals surface area contributed by atoms with Gasteiger partial charge in [0.25, 0.3) is 11.6 Å². The zero-order valence-corrected chi connectivity index (χ0v) is 15.7. The second-order valence-electron chi connectivity index (χ2n) is 7.16. The van der Waals surface area contributed by atoms with E-state index in [1.165, 1.54) is 25.1 Å². The van der Waals surface area contributed by atoms with E-state index in [9.17, 15) is 19.7 Å². The lowest BCUT2D eigenvalue weighted by molar-refractivity contribution is -0.385. The quantitative estimate of drug-likeness (QED) is 0.487. The molecular formula is C20H22N2O5. The first-order chi connectivity index (χ1) is 12.6. The summed E-state index contributed by atoms with van der Waals surface area (Å²) in [5, 5.41) is 13.6. The molecule has 0 atom stereocenters. The van der Waals surface area contributed by atoms with Gasteiger partial charge in [-0.05, 0) is 36.1 Å². The smallest absolute Gasteiger partial charge is 0.339 e. The SMILES string of the molecule is Cc1c(C(=O)OCC(=O)Nc2ccc(C(C)(C)C)cc2)cccc1[N+](=O)[O-]. The van der Waals surface area contributed by atoms with Crippen molar-refractivity contribution >= 4 is 23.3 Å². The molecule has 0 spiro atoms. The van der Waals surface area contributed by atoms with Gasteiger partial charge in [0.15, 0.2) is 6.61 Å². The molecule has 0 aliphatic carbocycles. The number of benzene rings is 2. The van der Waals surface area contributed by atoms with E-state index >= 15 is 0 Å². The van der Waals surface area contributed by atoms with Crippen LogP contribution in [0.3, 0.4) is 0 Å². The number of hydrogen-bond donors (Lipinski definition) is 1. The van der Waals surface area contributed by atoms with Crippen LogP contribution in [0.5, 0.6) is 0 Å². The summed E-state index contributed by atoms with van der Waals surface area (Å²) in [5.74, 6) is -1.27. The van der Waals surface area contributed by atoms with Crippen LogP contribution < -0.4 is 5.32 Å². The number of carbonyl (C=O) groups excluding carboxylic acids is 2. The van der Waals surface area contributed by atoms with Gasteiger partial charge in [0.05, 0.1) is 10.5 Å². The number of nitrogens with zero attached hydrogens (tertiary/aromatic N) is 1. The van der Waals surface area contributed by atoms with Gasteiger partial charge in [-0.2, -0.15) is 0 Å². The number of nitro benzene ring substituents is 1. The molecule has 7 nitrogen and oxygen atoms in total. The number of anilines is 1. The van der Waals surface area contributed by atoms with Gasteiger partial charge in [0.2, 0.25) is 0 Å².